The molecule has 0 bridgehead atoms. The van der Waals surface area contributed by atoms with Gasteiger partial charge in [0.05, 0.1) is 43.4 Å². The summed E-state index contributed by atoms with van der Waals surface area (Å²) in [7, 11) is -4.20. The van der Waals surface area contributed by atoms with E-state index in [-0.39, 0.29) is 58.7 Å². The number of carbonyl (C=O) groups is 2. The fraction of sp³-hybridized carbons (Fsp3) is 0.891. The molecule has 0 radical (unpaired) electrons. The molecular weight excluding hydrogens is 1120 g/mol. The van der Waals surface area contributed by atoms with Gasteiger partial charge in [-0.15, -0.1) is 0 Å². The van der Waals surface area contributed by atoms with Gasteiger partial charge >= 0.3 is 41.5 Å². The normalized spacial score (nSPS) is 48.9. The van der Waals surface area contributed by atoms with Gasteiger partial charge in [0.2, 0.25) is 10.4 Å². The SMILES string of the molecule is CO[C@@H]1[C@@H](O)[C@H](O[C@@H]2[C@@H](O)[C@H](O[C@H]3[C@H](O)[C@@H](O)[C@H](O[C@H]4[C@H](O[C@H]5CC[C@]6(C)[C@@H]7CC[C@]89C(=O)O[C@@](C)(CCC=C(C)C)[C@H]8[C@@H](OC(C)=O)C[C@@]9(C)C7=CC[C@H]6C5(C)C)OC[C@@H](OS(=O)(=O)[O-])[C@@H]4O)O[C@@H]3C)OC[C@H]2O)O[C@H](CO)[C@H]1O.[Na+]. The molecule has 0 aromatic rings. The minimum atomic E-state index is -5.41. The summed E-state index contributed by atoms with van der Waals surface area (Å²) in [5, 5.41) is 88.3. The summed E-state index contributed by atoms with van der Waals surface area (Å²) >= 11 is 0. The van der Waals surface area contributed by atoms with Gasteiger partial charge in [0.15, 0.2) is 25.2 Å². The van der Waals surface area contributed by atoms with Crippen LogP contribution in [0.4, 0.5) is 0 Å². The minimum Gasteiger partial charge on any atom is -0.726 e. The van der Waals surface area contributed by atoms with Gasteiger partial charge in [0.25, 0.3) is 0 Å². The predicted octanol–water partition coefficient (Wildman–Crippen LogP) is -2.72. The molecule has 8 N–H and O–H groups in total. The van der Waals surface area contributed by atoms with E-state index >= 15 is 0 Å². The number of hydrogen-bond acceptors (Lipinski definition) is 25. The van der Waals surface area contributed by atoms with Crippen LogP contribution in [0.2, 0.25) is 0 Å². The minimum absolute atomic E-state index is 0. The van der Waals surface area contributed by atoms with Crippen molar-refractivity contribution in [2.45, 2.75) is 242 Å². The maximum atomic E-state index is 14.7. The fourth-order valence-corrected chi connectivity index (χ4v) is 16.7. The predicted molar refractivity (Wildman–Crippen MR) is 274 cm³/mol. The number of fused-ring (bicyclic) bond motifs is 4. The van der Waals surface area contributed by atoms with Gasteiger partial charge < -0.3 is 97.5 Å². The summed E-state index contributed by atoms with van der Waals surface area (Å²) in [6, 6.07) is 0. The number of hydrogen-bond donors (Lipinski definition) is 8. The Kier molecular flexibility index (Phi) is 20.2. The van der Waals surface area contributed by atoms with E-state index in [9.17, 15) is 63.4 Å². The Morgan fingerprint density at radius 3 is 2.07 bits per heavy atom. The fourth-order valence-electron chi connectivity index (χ4n) is 16.3. The van der Waals surface area contributed by atoms with Crippen LogP contribution in [0.1, 0.15) is 114 Å². The van der Waals surface area contributed by atoms with Crippen molar-refractivity contribution >= 4 is 22.3 Å². The molecule has 1 spiro atoms. The number of rotatable bonds is 16. The first-order valence-electron chi connectivity index (χ1n) is 28.3. The van der Waals surface area contributed by atoms with Crippen LogP contribution in [0.25, 0.3) is 0 Å². The van der Waals surface area contributed by atoms with Crippen molar-refractivity contribution < 1.29 is 149 Å². The Morgan fingerprint density at radius 2 is 1.43 bits per heavy atom. The first-order chi connectivity index (χ1) is 37.9. The average molecular weight is 1200 g/mol. The van der Waals surface area contributed by atoms with E-state index in [1.807, 2.05) is 20.8 Å². The van der Waals surface area contributed by atoms with Crippen LogP contribution < -0.4 is 29.6 Å². The maximum Gasteiger partial charge on any atom is 1.00 e. The molecule has 25 nitrogen and oxygen atoms in total. The van der Waals surface area contributed by atoms with Crippen LogP contribution in [0.5, 0.6) is 0 Å². The molecule has 5 aliphatic heterocycles. The molecule has 8 fully saturated rings. The third kappa shape index (κ3) is 11.8. The summed E-state index contributed by atoms with van der Waals surface area (Å²) in [6.07, 6.45) is -21.3. The van der Waals surface area contributed by atoms with Crippen molar-refractivity contribution in [3.63, 3.8) is 0 Å². The van der Waals surface area contributed by atoms with Gasteiger partial charge in [0, 0.05) is 19.4 Å². The zero-order valence-electron chi connectivity index (χ0n) is 48.6. The summed E-state index contributed by atoms with van der Waals surface area (Å²) in [6.45, 7) is 15.7. The number of carbonyl (C=O) groups excluding carboxylic acids is 2. The van der Waals surface area contributed by atoms with Crippen molar-refractivity contribution in [3.8, 4) is 0 Å². The molecule has 27 heteroatoms. The molecule has 9 rings (SSSR count). The molecule has 3 saturated carbocycles. The standard InChI is InChI=1S/C55H86O25S.Na/c1-24(2)12-11-17-54(9)45-30(73-26(4)57)20-53(8)28-13-14-33-51(5,6)34(16-18-52(33,7)27(28)15-19-55(45,53)50(65)79-54)75-49-44(36(60)32(23-71-49)80-81(66,67)68)78-47-38(62)37(61)41(25(3)72-47)76-46-39(63)42(29(58)22-70-46)77-48-40(64)43(69-10)35(59)31(21-56)74-48;/h12-13,25,27,29-49,56,58-64H,11,14-23H2,1-10H3,(H,66,67,68);/q;+1/p-1/t25-,27-,29-,30+,31-,32-,33+,34+,35-,36+,37-,38-,39-,40-,41-,42+,43+,44-,45-,46+,47+,48+,49+,52-,53+,54+,55-;/m1./s1. The Morgan fingerprint density at radius 1 is 0.780 bits per heavy atom. The van der Waals surface area contributed by atoms with Crippen LogP contribution in [-0.2, 0) is 76.3 Å². The molecular formula is C55H85NaO25S. The van der Waals surface area contributed by atoms with Gasteiger partial charge in [-0.25, -0.2) is 8.42 Å². The van der Waals surface area contributed by atoms with Gasteiger partial charge in [-0.1, -0.05) is 51.0 Å². The zero-order valence-corrected chi connectivity index (χ0v) is 51.5. The Bertz CT molecular complexity index is 2460. The quantitative estimate of drug-likeness (QED) is 0.0256. The van der Waals surface area contributed by atoms with Gasteiger partial charge in [-0.05, 0) is 102 Å². The Labute approximate surface area is 500 Å². The second kappa shape index (κ2) is 24.9. The van der Waals surface area contributed by atoms with Crippen molar-refractivity contribution in [1.82, 2.24) is 0 Å². The van der Waals surface area contributed by atoms with Gasteiger partial charge in [-0.3, -0.25) is 13.8 Å². The molecule has 9 aliphatic rings. The summed E-state index contributed by atoms with van der Waals surface area (Å²) in [5.41, 5.74) is -1.06. The van der Waals surface area contributed by atoms with E-state index < -0.39 is 181 Å². The number of aliphatic hydroxyl groups excluding tert-OH is 8. The summed E-state index contributed by atoms with van der Waals surface area (Å²) < 4.78 is 106. The molecule has 0 unspecified atom stereocenters. The number of methoxy groups -OCH3 is 1. The molecule has 0 aromatic heterocycles. The average Bonchev–Trinajstić information content (AvgIpc) is 1.52. The first kappa shape index (κ1) is 66.6. The second-order valence-corrected chi connectivity index (χ2v) is 26.6. The third-order valence-electron chi connectivity index (χ3n) is 20.2. The molecule has 5 heterocycles. The molecule has 27 atom stereocenters. The van der Waals surface area contributed by atoms with E-state index in [2.05, 4.69) is 44.0 Å². The topological polar surface area (TPSA) is 364 Å². The molecule has 462 valence electrons. The smallest absolute Gasteiger partial charge is 0.726 e. The Balaban J connectivity index is 0.00000880. The van der Waals surface area contributed by atoms with Crippen LogP contribution in [0.3, 0.4) is 0 Å². The number of esters is 2. The number of cyclic esters (lactones) is 1. The van der Waals surface area contributed by atoms with E-state index in [1.54, 1.807) is 0 Å². The van der Waals surface area contributed by atoms with Crippen molar-refractivity contribution in [2.24, 2.45) is 39.4 Å². The monoisotopic (exact) mass is 1200 g/mol. The first-order valence-corrected chi connectivity index (χ1v) is 29.7. The van der Waals surface area contributed by atoms with Crippen LogP contribution in [0.15, 0.2) is 23.3 Å². The van der Waals surface area contributed by atoms with Gasteiger partial charge in [0.1, 0.15) is 91.1 Å². The number of allylic oxidation sites excluding steroid dienone is 4. The third-order valence-corrected chi connectivity index (χ3v) is 20.6. The number of ether oxygens (including phenoxy) is 11. The largest absolute Gasteiger partial charge is 1.00 e. The molecule has 4 aliphatic carbocycles. The van der Waals surface area contributed by atoms with E-state index in [4.69, 9.17) is 52.1 Å². The van der Waals surface area contributed by atoms with E-state index in [0.717, 1.165) is 5.57 Å². The van der Waals surface area contributed by atoms with Crippen molar-refractivity contribution in [1.29, 1.82) is 0 Å². The Hall–Kier alpha value is -1.39. The molecule has 0 aromatic carbocycles. The van der Waals surface area contributed by atoms with Crippen molar-refractivity contribution in [2.75, 3.05) is 26.9 Å². The summed E-state index contributed by atoms with van der Waals surface area (Å²) in [5.74, 6) is -0.985. The van der Waals surface area contributed by atoms with Crippen LogP contribution in [-0.4, -0.2) is 221 Å². The zero-order chi connectivity index (χ0) is 59.3. The second-order valence-electron chi connectivity index (χ2n) is 25.6. The molecule has 0 amide bonds. The van der Waals surface area contributed by atoms with Crippen LogP contribution >= 0.6 is 0 Å². The van der Waals surface area contributed by atoms with E-state index in [1.165, 1.54) is 26.5 Å². The molecule has 82 heavy (non-hydrogen) atoms. The van der Waals surface area contributed by atoms with Gasteiger partial charge in [-0.2, -0.15) is 0 Å². The van der Waals surface area contributed by atoms with E-state index in [0.29, 0.717) is 51.4 Å². The van der Waals surface area contributed by atoms with Crippen LogP contribution in [0, 0.1) is 39.4 Å². The molecule has 5 saturated heterocycles. The maximum absolute atomic E-state index is 14.7. The summed E-state index contributed by atoms with van der Waals surface area (Å²) in [4.78, 5) is 27.4. The van der Waals surface area contributed by atoms with Crippen molar-refractivity contribution in [3.05, 3.63) is 23.3 Å². The number of aliphatic hydroxyl groups is 8.